The van der Waals surface area contributed by atoms with Gasteiger partial charge in [-0.15, -0.1) is 0 Å². The minimum atomic E-state index is -0.0116. The Morgan fingerprint density at radius 3 is 2.30 bits per heavy atom. The van der Waals surface area contributed by atoms with E-state index in [9.17, 15) is 0 Å². The topological polar surface area (TPSA) is 9.23 Å². The third kappa shape index (κ3) is 1.24. The first-order chi connectivity index (χ1) is 4.54. The van der Waals surface area contributed by atoms with Gasteiger partial charge < -0.3 is 4.74 Å². The Bertz CT molecular complexity index is 166. The molecular formula is C9H16O. The molecule has 0 aliphatic carbocycles. The molecule has 10 heavy (non-hydrogen) atoms. The lowest BCUT2D eigenvalue weighted by Gasteiger charge is -2.32. The molecule has 0 radical (unpaired) electrons. The van der Waals surface area contributed by atoms with Gasteiger partial charge in [-0.2, -0.15) is 0 Å². The molecule has 1 aliphatic heterocycles. The van der Waals surface area contributed by atoms with Crippen molar-refractivity contribution in [1.82, 2.24) is 0 Å². The number of rotatable bonds is 0. The van der Waals surface area contributed by atoms with E-state index in [0.29, 0.717) is 0 Å². The highest BCUT2D eigenvalue weighted by molar-refractivity contribution is 5.21. The molecule has 0 saturated carbocycles. The predicted octanol–water partition coefficient (Wildman–Crippen LogP) is 2.52. The highest BCUT2D eigenvalue weighted by Gasteiger charge is 2.25. The zero-order valence-corrected chi connectivity index (χ0v) is 7.32. The molecule has 0 fully saturated rings. The second-order valence-corrected chi connectivity index (χ2v) is 3.51. The van der Waals surface area contributed by atoms with E-state index in [-0.39, 0.29) is 5.60 Å². The van der Waals surface area contributed by atoms with Gasteiger partial charge in [0.2, 0.25) is 0 Å². The quantitative estimate of drug-likeness (QED) is 0.470. The SMILES string of the molecule is CC1=C(C)C(C)(C)OCC1. The number of hydrogen-bond acceptors (Lipinski definition) is 1. The lowest BCUT2D eigenvalue weighted by atomic mass is 9.91. The summed E-state index contributed by atoms with van der Waals surface area (Å²) in [4.78, 5) is 0. The van der Waals surface area contributed by atoms with E-state index in [1.54, 1.807) is 0 Å². The van der Waals surface area contributed by atoms with Gasteiger partial charge in [0, 0.05) is 0 Å². The molecule has 0 N–H and O–H groups in total. The van der Waals surface area contributed by atoms with E-state index in [2.05, 4.69) is 27.7 Å². The Morgan fingerprint density at radius 1 is 1.30 bits per heavy atom. The average molecular weight is 140 g/mol. The lowest BCUT2D eigenvalue weighted by Crippen LogP contribution is -2.30. The first-order valence-corrected chi connectivity index (χ1v) is 3.85. The molecule has 0 spiro atoms. The van der Waals surface area contributed by atoms with E-state index in [0.717, 1.165) is 13.0 Å². The fourth-order valence-corrected chi connectivity index (χ4v) is 1.27. The molecule has 0 amide bonds. The molecule has 1 rings (SSSR count). The number of hydrogen-bond donors (Lipinski definition) is 0. The average Bonchev–Trinajstić information content (AvgIpc) is 1.83. The van der Waals surface area contributed by atoms with Crippen molar-refractivity contribution in [3.05, 3.63) is 11.1 Å². The summed E-state index contributed by atoms with van der Waals surface area (Å²) in [5, 5.41) is 0. The van der Waals surface area contributed by atoms with Crippen molar-refractivity contribution in [2.24, 2.45) is 0 Å². The van der Waals surface area contributed by atoms with Gasteiger partial charge >= 0.3 is 0 Å². The van der Waals surface area contributed by atoms with Crippen LogP contribution in [0.1, 0.15) is 34.1 Å². The monoisotopic (exact) mass is 140 g/mol. The first kappa shape index (κ1) is 7.80. The van der Waals surface area contributed by atoms with Crippen molar-refractivity contribution in [3.8, 4) is 0 Å². The van der Waals surface area contributed by atoms with Crippen LogP contribution in [-0.4, -0.2) is 12.2 Å². The van der Waals surface area contributed by atoms with Crippen LogP contribution in [0.15, 0.2) is 11.1 Å². The van der Waals surface area contributed by atoms with Crippen LogP contribution in [-0.2, 0) is 4.74 Å². The molecule has 0 aromatic heterocycles. The first-order valence-electron chi connectivity index (χ1n) is 3.85. The van der Waals surface area contributed by atoms with Crippen LogP contribution in [0.25, 0.3) is 0 Å². The van der Waals surface area contributed by atoms with E-state index < -0.39 is 0 Å². The second kappa shape index (κ2) is 2.39. The zero-order valence-electron chi connectivity index (χ0n) is 7.32. The third-order valence-corrected chi connectivity index (χ3v) is 2.48. The van der Waals surface area contributed by atoms with Gasteiger partial charge in [0.1, 0.15) is 0 Å². The van der Waals surface area contributed by atoms with Crippen molar-refractivity contribution < 1.29 is 4.74 Å². The summed E-state index contributed by atoms with van der Waals surface area (Å²) < 4.78 is 5.59. The van der Waals surface area contributed by atoms with Crippen LogP contribution in [0.5, 0.6) is 0 Å². The van der Waals surface area contributed by atoms with Crippen LogP contribution in [0, 0.1) is 0 Å². The fourth-order valence-electron chi connectivity index (χ4n) is 1.27. The van der Waals surface area contributed by atoms with Crippen molar-refractivity contribution >= 4 is 0 Å². The Kier molecular flexibility index (Phi) is 1.86. The molecule has 0 aromatic rings. The third-order valence-electron chi connectivity index (χ3n) is 2.48. The highest BCUT2D eigenvalue weighted by atomic mass is 16.5. The lowest BCUT2D eigenvalue weighted by molar-refractivity contribution is 0.00110. The van der Waals surface area contributed by atoms with Crippen LogP contribution in [0.4, 0.5) is 0 Å². The summed E-state index contributed by atoms with van der Waals surface area (Å²) in [6, 6.07) is 0. The molecule has 1 heterocycles. The predicted molar refractivity (Wildman–Crippen MR) is 43.0 cm³/mol. The normalized spacial score (nSPS) is 25.2. The Morgan fingerprint density at radius 2 is 1.90 bits per heavy atom. The van der Waals surface area contributed by atoms with Gasteiger partial charge in [0.05, 0.1) is 12.2 Å². The van der Waals surface area contributed by atoms with Gasteiger partial charge in [0.25, 0.3) is 0 Å². The van der Waals surface area contributed by atoms with Gasteiger partial charge in [-0.05, 0) is 39.7 Å². The van der Waals surface area contributed by atoms with Crippen LogP contribution in [0.3, 0.4) is 0 Å². The standard InChI is InChI=1S/C9H16O/c1-7-5-6-10-9(3,4)8(7)2/h5-6H2,1-4H3. The van der Waals surface area contributed by atoms with E-state index in [1.807, 2.05) is 0 Å². The molecule has 0 aromatic carbocycles. The minimum Gasteiger partial charge on any atom is -0.371 e. The molecule has 0 atom stereocenters. The molecule has 1 nitrogen and oxygen atoms in total. The second-order valence-electron chi connectivity index (χ2n) is 3.51. The van der Waals surface area contributed by atoms with E-state index in [4.69, 9.17) is 4.74 Å². The Hall–Kier alpha value is -0.300. The van der Waals surface area contributed by atoms with Crippen LogP contribution in [0.2, 0.25) is 0 Å². The fraction of sp³-hybridized carbons (Fsp3) is 0.778. The molecular weight excluding hydrogens is 124 g/mol. The summed E-state index contributed by atoms with van der Waals surface area (Å²) in [7, 11) is 0. The molecule has 58 valence electrons. The van der Waals surface area contributed by atoms with Crippen molar-refractivity contribution in [2.45, 2.75) is 39.7 Å². The Balaban J connectivity index is 2.89. The summed E-state index contributed by atoms with van der Waals surface area (Å²) in [5.41, 5.74) is 2.89. The highest BCUT2D eigenvalue weighted by Crippen LogP contribution is 2.29. The van der Waals surface area contributed by atoms with Gasteiger partial charge in [-0.3, -0.25) is 0 Å². The molecule has 0 unspecified atom stereocenters. The van der Waals surface area contributed by atoms with Crippen LogP contribution < -0.4 is 0 Å². The largest absolute Gasteiger partial charge is 0.371 e. The Labute approximate surface area is 63.1 Å². The molecule has 0 bridgehead atoms. The molecule has 0 saturated heterocycles. The summed E-state index contributed by atoms with van der Waals surface area (Å²) >= 11 is 0. The van der Waals surface area contributed by atoms with Crippen molar-refractivity contribution in [1.29, 1.82) is 0 Å². The van der Waals surface area contributed by atoms with Gasteiger partial charge in [-0.1, -0.05) is 5.57 Å². The summed E-state index contributed by atoms with van der Waals surface area (Å²) in [5.74, 6) is 0. The maximum absolute atomic E-state index is 5.59. The van der Waals surface area contributed by atoms with Crippen molar-refractivity contribution in [2.75, 3.05) is 6.61 Å². The maximum Gasteiger partial charge on any atom is 0.0835 e. The maximum atomic E-state index is 5.59. The minimum absolute atomic E-state index is 0.0116. The van der Waals surface area contributed by atoms with Crippen LogP contribution >= 0.6 is 0 Å². The molecule has 1 aliphatic rings. The summed E-state index contributed by atoms with van der Waals surface area (Å²) in [6.07, 6.45) is 1.11. The summed E-state index contributed by atoms with van der Waals surface area (Å²) in [6.45, 7) is 9.50. The van der Waals surface area contributed by atoms with Crippen molar-refractivity contribution in [3.63, 3.8) is 0 Å². The van der Waals surface area contributed by atoms with E-state index >= 15 is 0 Å². The van der Waals surface area contributed by atoms with Gasteiger partial charge in [-0.25, -0.2) is 0 Å². The zero-order chi connectivity index (χ0) is 7.78. The molecule has 1 heteroatoms. The number of ether oxygens (including phenoxy) is 1. The van der Waals surface area contributed by atoms with E-state index in [1.165, 1.54) is 11.1 Å². The van der Waals surface area contributed by atoms with Gasteiger partial charge in [0.15, 0.2) is 0 Å². The smallest absolute Gasteiger partial charge is 0.0835 e.